The first-order valence-electron chi connectivity index (χ1n) is 8.85. The van der Waals surface area contributed by atoms with Crippen LogP contribution >= 0.6 is 28.1 Å². The smallest absolute Gasteiger partial charge is 0.270 e. The number of hydrogen-bond donors (Lipinski definition) is 1. The van der Waals surface area contributed by atoms with Crippen molar-refractivity contribution in [2.45, 2.75) is 0 Å². The number of thiocarbonyl (C=S) groups is 1. The Balaban J connectivity index is 1.62. The van der Waals surface area contributed by atoms with Crippen molar-refractivity contribution >= 4 is 56.8 Å². The van der Waals surface area contributed by atoms with Crippen LogP contribution in [0.4, 0.5) is 5.69 Å². The third-order valence-electron chi connectivity index (χ3n) is 4.39. The van der Waals surface area contributed by atoms with Gasteiger partial charge in [-0.05, 0) is 70.6 Å². The molecule has 0 unspecified atom stereocenters. The molecule has 2 heterocycles. The van der Waals surface area contributed by atoms with Gasteiger partial charge >= 0.3 is 0 Å². The van der Waals surface area contributed by atoms with Crippen LogP contribution in [-0.2, 0) is 16.6 Å². The number of carbonyl (C=O) groups is 2. The first-order chi connectivity index (χ1) is 14.4. The summed E-state index contributed by atoms with van der Waals surface area (Å²) >= 11 is 8.56. The van der Waals surface area contributed by atoms with Gasteiger partial charge in [-0.3, -0.25) is 19.8 Å². The van der Waals surface area contributed by atoms with Crippen molar-refractivity contribution in [3.63, 3.8) is 0 Å². The van der Waals surface area contributed by atoms with Crippen LogP contribution in [0.25, 0.3) is 6.08 Å². The van der Waals surface area contributed by atoms with E-state index in [1.54, 1.807) is 42.2 Å². The second-order valence-corrected chi connectivity index (χ2v) is 7.54. The number of amides is 2. The maximum absolute atomic E-state index is 13.1. The van der Waals surface area contributed by atoms with Gasteiger partial charge in [0.05, 0.1) is 17.7 Å². The summed E-state index contributed by atoms with van der Waals surface area (Å²) in [5.74, 6) is 0.236. The Labute approximate surface area is 186 Å². The predicted molar refractivity (Wildman–Crippen MR) is 120 cm³/mol. The zero-order chi connectivity index (χ0) is 21.3. The molecular weight excluding hydrogens is 468 g/mol. The van der Waals surface area contributed by atoms with E-state index in [-0.39, 0.29) is 10.7 Å². The summed E-state index contributed by atoms with van der Waals surface area (Å²) < 4.78 is 8.00. The van der Waals surface area contributed by atoms with Crippen LogP contribution in [0.3, 0.4) is 0 Å². The van der Waals surface area contributed by atoms with Crippen LogP contribution in [0.2, 0.25) is 0 Å². The lowest BCUT2D eigenvalue weighted by molar-refractivity contribution is -0.122. The second-order valence-electron chi connectivity index (χ2n) is 6.40. The van der Waals surface area contributed by atoms with Gasteiger partial charge in [0.15, 0.2) is 5.11 Å². The van der Waals surface area contributed by atoms with Crippen molar-refractivity contribution in [3.05, 3.63) is 76.8 Å². The number of hydrogen-bond acceptors (Lipinski definition) is 5. The van der Waals surface area contributed by atoms with Crippen LogP contribution < -0.4 is 15.0 Å². The zero-order valence-corrected chi connectivity index (χ0v) is 18.1. The number of nitrogens with one attached hydrogen (secondary N) is 1. The second kappa shape index (κ2) is 8.21. The number of aryl methyl sites for hydroxylation is 1. The highest BCUT2D eigenvalue weighted by Gasteiger charge is 2.34. The van der Waals surface area contributed by atoms with Crippen LogP contribution in [0, 0.1) is 0 Å². The average Bonchev–Trinajstić information content (AvgIpc) is 3.04. The molecule has 0 spiro atoms. The van der Waals surface area contributed by atoms with E-state index in [4.69, 9.17) is 17.0 Å². The third kappa shape index (κ3) is 3.89. The highest BCUT2D eigenvalue weighted by Crippen LogP contribution is 2.27. The van der Waals surface area contributed by atoms with Crippen molar-refractivity contribution in [3.8, 4) is 11.5 Å². The van der Waals surface area contributed by atoms with E-state index in [1.807, 2.05) is 30.3 Å². The lowest BCUT2D eigenvalue weighted by Gasteiger charge is -2.29. The summed E-state index contributed by atoms with van der Waals surface area (Å²) in [7, 11) is 1.77. The quantitative estimate of drug-likeness (QED) is 0.347. The highest BCUT2D eigenvalue weighted by molar-refractivity contribution is 9.10. The Hall–Kier alpha value is -3.30. The molecule has 30 heavy (non-hydrogen) atoms. The molecule has 1 aliphatic heterocycles. The molecule has 1 aliphatic rings. The summed E-state index contributed by atoms with van der Waals surface area (Å²) in [4.78, 5) is 30.9. The van der Waals surface area contributed by atoms with Gasteiger partial charge in [0, 0.05) is 7.05 Å². The van der Waals surface area contributed by atoms with Crippen molar-refractivity contribution < 1.29 is 14.3 Å². The van der Waals surface area contributed by atoms with Gasteiger partial charge in [-0.15, -0.1) is 0 Å². The number of rotatable bonds is 4. The lowest BCUT2D eigenvalue weighted by atomic mass is 10.1. The van der Waals surface area contributed by atoms with E-state index in [0.717, 1.165) is 0 Å². The Kier molecular flexibility index (Phi) is 5.47. The van der Waals surface area contributed by atoms with Gasteiger partial charge in [0.25, 0.3) is 11.8 Å². The molecule has 0 saturated carbocycles. The average molecular weight is 483 g/mol. The minimum atomic E-state index is -0.557. The van der Waals surface area contributed by atoms with Gasteiger partial charge in [0.2, 0.25) is 0 Å². The minimum Gasteiger partial charge on any atom is -0.457 e. The van der Waals surface area contributed by atoms with Gasteiger partial charge < -0.3 is 9.30 Å². The molecule has 0 aliphatic carbocycles. The molecule has 150 valence electrons. The monoisotopic (exact) mass is 482 g/mol. The van der Waals surface area contributed by atoms with Gasteiger partial charge in [-0.2, -0.15) is 0 Å². The standard InChI is InChI=1S/C21H15BrN4O3S/c1-25-12-23-18(22)17(25)11-16-19(27)24-21(30)26(20(16)28)13-7-9-15(10-8-13)29-14-5-3-2-4-6-14/h2-12H,1H3,(H,24,27,30). The molecule has 1 fully saturated rings. The molecule has 0 atom stereocenters. The SMILES string of the molecule is Cn1cnc(Br)c1C=C1C(=O)NC(=S)N(c2ccc(Oc3ccccc3)cc2)C1=O. The number of imidazole rings is 1. The fourth-order valence-corrected chi connectivity index (χ4v) is 3.66. The Morgan fingerprint density at radius 2 is 1.73 bits per heavy atom. The molecule has 1 saturated heterocycles. The molecule has 1 aromatic heterocycles. The Morgan fingerprint density at radius 3 is 2.37 bits per heavy atom. The maximum atomic E-state index is 13.1. The Bertz CT molecular complexity index is 1150. The van der Waals surface area contributed by atoms with E-state index < -0.39 is 11.8 Å². The predicted octanol–water partition coefficient (Wildman–Crippen LogP) is 3.81. The van der Waals surface area contributed by atoms with E-state index in [9.17, 15) is 9.59 Å². The van der Waals surface area contributed by atoms with Crippen molar-refractivity contribution in [1.82, 2.24) is 14.9 Å². The topological polar surface area (TPSA) is 76.5 Å². The number of para-hydroxylation sites is 1. The third-order valence-corrected chi connectivity index (χ3v) is 5.29. The van der Waals surface area contributed by atoms with E-state index in [0.29, 0.717) is 27.5 Å². The van der Waals surface area contributed by atoms with Crippen molar-refractivity contribution in [2.75, 3.05) is 4.90 Å². The molecule has 0 bridgehead atoms. The van der Waals surface area contributed by atoms with E-state index in [2.05, 4.69) is 26.2 Å². The number of ether oxygens (including phenoxy) is 1. The fourth-order valence-electron chi connectivity index (χ4n) is 2.89. The molecule has 2 amide bonds. The summed E-state index contributed by atoms with van der Waals surface area (Å²) in [5.41, 5.74) is 1.06. The largest absolute Gasteiger partial charge is 0.457 e. The number of anilines is 1. The zero-order valence-electron chi connectivity index (χ0n) is 15.7. The van der Waals surface area contributed by atoms with Gasteiger partial charge in [-0.25, -0.2) is 4.98 Å². The summed E-state index contributed by atoms with van der Waals surface area (Å²) in [6.07, 6.45) is 3.06. The van der Waals surface area contributed by atoms with Crippen molar-refractivity contribution in [1.29, 1.82) is 0 Å². The van der Waals surface area contributed by atoms with E-state index in [1.165, 1.54) is 11.0 Å². The lowest BCUT2D eigenvalue weighted by Crippen LogP contribution is -2.54. The van der Waals surface area contributed by atoms with Crippen LogP contribution in [0.1, 0.15) is 5.69 Å². The van der Waals surface area contributed by atoms with Crippen LogP contribution in [-0.4, -0.2) is 26.5 Å². The number of halogens is 1. The molecule has 0 radical (unpaired) electrons. The Morgan fingerprint density at radius 1 is 1.07 bits per heavy atom. The first-order valence-corrected chi connectivity index (χ1v) is 10.1. The van der Waals surface area contributed by atoms with Gasteiger partial charge in [-0.1, -0.05) is 18.2 Å². The van der Waals surface area contributed by atoms with Crippen molar-refractivity contribution in [2.24, 2.45) is 7.05 Å². The number of carbonyl (C=O) groups excluding carboxylic acids is 2. The van der Waals surface area contributed by atoms with Crippen LogP contribution in [0.15, 0.2) is 71.1 Å². The fraction of sp³-hybridized carbons (Fsp3) is 0.0476. The van der Waals surface area contributed by atoms with Crippen LogP contribution in [0.5, 0.6) is 11.5 Å². The molecule has 3 aromatic rings. The highest BCUT2D eigenvalue weighted by atomic mass is 79.9. The summed E-state index contributed by atoms with van der Waals surface area (Å²) in [6, 6.07) is 16.2. The molecule has 7 nitrogen and oxygen atoms in total. The molecule has 9 heteroatoms. The summed E-state index contributed by atoms with van der Waals surface area (Å²) in [5, 5.41) is 2.58. The summed E-state index contributed by atoms with van der Waals surface area (Å²) in [6.45, 7) is 0. The molecular formula is C21H15BrN4O3S. The minimum absolute atomic E-state index is 0.0166. The molecule has 1 N–H and O–H groups in total. The molecule has 2 aromatic carbocycles. The molecule has 4 rings (SSSR count). The maximum Gasteiger partial charge on any atom is 0.270 e. The number of benzene rings is 2. The first kappa shape index (κ1) is 20.0. The normalized spacial score (nSPS) is 15.5. The number of nitrogens with zero attached hydrogens (tertiary/aromatic N) is 3. The van der Waals surface area contributed by atoms with Gasteiger partial charge in [0.1, 0.15) is 21.7 Å². The van der Waals surface area contributed by atoms with E-state index >= 15 is 0 Å². The number of aromatic nitrogens is 2.